The molecule has 0 heterocycles. The van der Waals surface area contributed by atoms with Crippen molar-refractivity contribution in [1.29, 1.82) is 0 Å². The van der Waals surface area contributed by atoms with Gasteiger partial charge in [0, 0.05) is 6.54 Å². The first-order valence-corrected chi connectivity index (χ1v) is 8.14. The van der Waals surface area contributed by atoms with Gasteiger partial charge in [0.15, 0.2) is 0 Å². The van der Waals surface area contributed by atoms with E-state index in [2.05, 4.69) is 4.18 Å². The lowest BCUT2D eigenvalue weighted by Gasteiger charge is -2.27. The van der Waals surface area contributed by atoms with Gasteiger partial charge in [-0.1, -0.05) is 0 Å². The highest BCUT2D eigenvalue weighted by Gasteiger charge is 2.46. The van der Waals surface area contributed by atoms with Crippen molar-refractivity contribution in [3.8, 4) is 0 Å². The average Bonchev–Trinajstić information content (AvgIpc) is 2.37. The number of alkyl halides is 3. The summed E-state index contributed by atoms with van der Waals surface area (Å²) in [4.78, 5) is -0.509. The van der Waals surface area contributed by atoms with Crippen LogP contribution in [0.4, 0.5) is 17.6 Å². The number of benzene rings is 1. The van der Waals surface area contributed by atoms with Gasteiger partial charge in [0.05, 0.1) is 11.5 Å². The molecule has 1 rings (SSSR count). The lowest BCUT2D eigenvalue weighted by atomic mass is 10.4. The Hall–Kier alpha value is -1.28. The number of sulfonamides is 1. The van der Waals surface area contributed by atoms with E-state index < -0.39 is 54.0 Å². The van der Waals surface area contributed by atoms with Crippen LogP contribution in [0.5, 0.6) is 0 Å². The fraction of sp³-hybridized carbons (Fsp3) is 0.333. The largest absolute Gasteiger partial charge is 0.772 e. The molecule has 7 nitrogen and oxygen atoms in total. The Labute approximate surface area is 122 Å². The van der Waals surface area contributed by atoms with E-state index in [1.54, 1.807) is 0 Å². The third-order valence-corrected chi connectivity index (χ3v) is 4.81. The predicted octanol–water partition coefficient (Wildman–Crippen LogP) is 1.18. The fourth-order valence-electron chi connectivity index (χ4n) is 1.13. The van der Waals surface area contributed by atoms with Gasteiger partial charge in [0.2, 0.25) is 0 Å². The number of rotatable bonds is 6. The van der Waals surface area contributed by atoms with Crippen molar-refractivity contribution >= 4 is 20.1 Å². The van der Waals surface area contributed by atoms with Crippen LogP contribution in [-0.4, -0.2) is 40.0 Å². The molecule has 0 bridgehead atoms. The van der Waals surface area contributed by atoms with Crippen LogP contribution in [0, 0.1) is 11.0 Å². The fourth-order valence-corrected chi connectivity index (χ4v) is 2.57. The van der Waals surface area contributed by atoms with Gasteiger partial charge < -0.3 is 5.21 Å². The van der Waals surface area contributed by atoms with Crippen molar-refractivity contribution < 1.29 is 38.6 Å². The van der Waals surface area contributed by atoms with Crippen LogP contribution < -0.4 is 0 Å². The number of hydroxylamine groups is 1. The maximum Gasteiger partial charge on any atom is 0.510 e. The van der Waals surface area contributed by atoms with E-state index in [9.17, 15) is 39.6 Å². The van der Waals surface area contributed by atoms with Gasteiger partial charge in [0.25, 0.3) is 10.1 Å². The molecule has 0 aliphatic carbocycles. The minimum absolute atomic E-state index is 0.509. The van der Waals surface area contributed by atoms with Crippen molar-refractivity contribution in [2.45, 2.75) is 10.4 Å². The topological polar surface area (TPSA) is 104 Å². The van der Waals surface area contributed by atoms with Gasteiger partial charge in [-0.3, -0.25) is 8.65 Å². The van der Waals surface area contributed by atoms with E-state index in [4.69, 9.17) is 0 Å². The standard InChI is InChI=1S/C9H8F4NO6S2/c10-7-1-3-8(4-2-7)21(16,17)20-6-5-14(15)22(18,19)9(11,12)13/h1-4H,5-6H2/q-1. The van der Waals surface area contributed by atoms with Gasteiger partial charge >= 0.3 is 15.5 Å². The highest BCUT2D eigenvalue weighted by Crippen LogP contribution is 2.26. The minimum Gasteiger partial charge on any atom is -0.772 e. The molecule has 1 aromatic carbocycles. The summed E-state index contributed by atoms with van der Waals surface area (Å²) in [5, 5.41) is 10.9. The predicted molar refractivity (Wildman–Crippen MR) is 64.6 cm³/mol. The molecule has 0 N–H and O–H groups in total. The molecule has 0 fully saturated rings. The van der Waals surface area contributed by atoms with Crippen LogP contribution in [0.25, 0.3) is 0 Å². The summed E-state index contributed by atoms with van der Waals surface area (Å²) in [6.45, 7) is -2.53. The molecule has 1 aromatic rings. The lowest BCUT2D eigenvalue weighted by molar-refractivity contribution is -0.0478. The zero-order valence-electron chi connectivity index (χ0n) is 10.4. The first-order chi connectivity index (χ1) is 9.88. The lowest BCUT2D eigenvalue weighted by Crippen LogP contribution is -2.38. The van der Waals surface area contributed by atoms with Crippen molar-refractivity contribution in [1.82, 2.24) is 4.47 Å². The monoisotopic (exact) mass is 366 g/mol. The van der Waals surface area contributed by atoms with Crippen LogP contribution in [0.15, 0.2) is 29.2 Å². The molecular weight excluding hydrogens is 358 g/mol. The molecule has 0 aliphatic rings. The van der Waals surface area contributed by atoms with Crippen molar-refractivity contribution in [2.75, 3.05) is 13.2 Å². The van der Waals surface area contributed by atoms with Gasteiger partial charge in [-0.25, -0.2) is 12.8 Å². The second kappa shape index (κ2) is 6.45. The van der Waals surface area contributed by atoms with E-state index in [0.29, 0.717) is 0 Å². The second-order valence-corrected chi connectivity index (χ2v) is 7.14. The van der Waals surface area contributed by atoms with E-state index in [1.807, 2.05) is 0 Å². The molecule has 0 aromatic heterocycles. The van der Waals surface area contributed by atoms with Gasteiger partial charge in [-0.2, -0.15) is 21.6 Å². The van der Waals surface area contributed by atoms with Crippen molar-refractivity contribution in [3.05, 3.63) is 35.3 Å². The summed E-state index contributed by atoms with van der Waals surface area (Å²) >= 11 is 0. The van der Waals surface area contributed by atoms with Crippen LogP contribution in [-0.2, 0) is 24.3 Å². The third kappa shape index (κ3) is 4.36. The zero-order valence-corrected chi connectivity index (χ0v) is 12.1. The molecule has 0 atom stereocenters. The molecule has 0 aliphatic heterocycles. The Morgan fingerprint density at radius 3 is 2.05 bits per heavy atom. The van der Waals surface area contributed by atoms with Crippen LogP contribution in [0.2, 0.25) is 0 Å². The SMILES string of the molecule is O=S(=O)(OCCN([O-])S(=O)(=O)C(F)(F)F)c1ccc(F)cc1. The van der Waals surface area contributed by atoms with Gasteiger partial charge in [-0.05, 0) is 24.3 Å². The number of hydrogen-bond acceptors (Lipinski definition) is 6. The molecule has 22 heavy (non-hydrogen) atoms. The van der Waals surface area contributed by atoms with Crippen molar-refractivity contribution in [2.24, 2.45) is 0 Å². The summed E-state index contributed by atoms with van der Waals surface area (Å²) in [7, 11) is -10.6. The zero-order chi connectivity index (χ0) is 17.2. The van der Waals surface area contributed by atoms with Crippen LogP contribution in [0.3, 0.4) is 0 Å². The van der Waals surface area contributed by atoms with E-state index >= 15 is 0 Å². The van der Waals surface area contributed by atoms with E-state index in [1.165, 1.54) is 0 Å². The molecule has 0 saturated carbocycles. The van der Waals surface area contributed by atoms with Crippen LogP contribution in [0.1, 0.15) is 0 Å². The number of hydrogen-bond donors (Lipinski definition) is 0. The normalized spacial score (nSPS) is 13.5. The summed E-state index contributed by atoms with van der Waals surface area (Å²) in [5.41, 5.74) is -5.80. The smallest absolute Gasteiger partial charge is 0.510 e. The van der Waals surface area contributed by atoms with Crippen molar-refractivity contribution in [3.63, 3.8) is 0 Å². The number of nitrogens with zero attached hydrogens (tertiary/aromatic N) is 1. The Morgan fingerprint density at radius 1 is 1.09 bits per heavy atom. The summed E-state index contributed by atoms with van der Waals surface area (Å²) in [6, 6.07) is 3.24. The maximum atomic E-state index is 12.6. The summed E-state index contributed by atoms with van der Waals surface area (Å²) in [5.74, 6) is -0.735. The molecule has 0 amide bonds. The summed E-state index contributed by atoms with van der Waals surface area (Å²) < 4.78 is 96.0. The van der Waals surface area contributed by atoms with Gasteiger partial charge in [0.1, 0.15) is 5.82 Å². The highest BCUT2D eigenvalue weighted by molar-refractivity contribution is 7.90. The molecule has 0 saturated heterocycles. The Bertz CT molecular complexity index is 713. The molecule has 0 radical (unpaired) electrons. The number of halogens is 4. The molecule has 13 heteroatoms. The Morgan fingerprint density at radius 2 is 1.59 bits per heavy atom. The molecular formula is C9H8F4NO6S2-. The van der Waals surface area contributed by atoms with E-state index in [0.717, 1.165) is 24.3 Å². The van der Waals surface area contributed by atoms with Crippen LogP contribution >= 0.6 is 0 Å². The Kier molecular flexibility index (Phi) is 5.51. The second-order valence-electron chi connectivity index (χ2n) is 3.71. The average molecular weight is 366 g/mol. The highest BCUT2D eigenvalue weighted by atomic mass is 32.2. The van der Waals surface area contributed by atoms with Gasteiger partial charge in [-0.15, -0.1) is 0 Å². The third-order valence-electron chi connectivity index (χ3n) is 2.18. The summed E-state index contributed by atoms with van der Waals surface area (Å²) in [6.07, 6.45) is 0. The molecule has 0 unspecified atom stereocenters. The first-order valence-electron chi connectivity index (χ1n) is 5.29. The maximum absolute atomic E-state index is 12.6. The Balaban J connectivity index is 2.69. The molecule has 126 valence electrons. The first kappa shape index (κ1) is 18.8. The minimum atomic E-state index is -6.11. The quantitative estimate of drug-likeness (QED) is 0.425. The molecule has 0 spiro atoms. The van der Waals surface area contributed by atoms with E-state index in [-0.39, 0.29) is 0 Å².